The van der Waals surface area contributed by atoms with E-state index in [0.717, 1.165) is 0 Å². The van der Waals surface area contributed by atoms with Gasteiger partial charge in [-0.25, -0.2) is 0 Å². The van der Waals surface area contributed by atoms with Crippen molar-refractivity contribution in [1.29, 1.82) is 0 Å². The molecule has 0 N–H and O–H groups in total. The van der Waals surface area contributed by atoms with Crippen LogP contribution < -0.4 is 8.92 Å². The minimum absolute atomic E-state index is 0.696. The summed E-state index contributed by atoms with van der Waals surface area (Å²) in [6.07, 6.45) is 11.5. The SMILES string of the molecule is c1ccc([Se]CCCCCCCCCC[Se]c2ccccc2)cc1. The molecule has 0 atom stereocenters. The zero-order valence-electron chi connectivity index (χ0n) is 14.7. The summed E-state index contributed by atoms with van der Waals surface area (Å²) in [5.41, 5.74) is 0. The molecule has 0 fully saturated rings. The molecule has 0 saturated carbocycles. The summed E-state index contributed by atoms with van der Waals surface area (Å²) >= 11 is 1.39. The standard InChI is InChI=1S/C22H30Se2/c1(3-5-13-19-23-21-15-9-7-10-16-21)2-4-6-14-20-24-22-17-11-8-12-18-22/h7-12,15-18H,1-6,13-14,19-20H2. The molecule has 0 heterocycles. The molecule has 2 rings (SSSR count). The maximum atomic E-state index is 2.28. The van der Waals surface area contributed by atoms with E-state index in [2.05, 4.69) is 60.7 Å². The van der Waals surface area contributed by atoms with Crippen LogP contribution in [0.5, 0.6) is 0 Å². The van der Waals surface area contributed by atoms with Crippen LogP contribution in [0.25, 0.3) is 0 Å². The van der Waals surface area contributed by atoms with Crippen LogP contribution in [0.2, 0.25) is 10.6 Å². The first-order valence-corrected chi connectivity index (χ1v) is 13.4. The zero-order chi connectivity index (χ0) is 16.7. The monoisotopic (exact) mass is 454 g/mol. The van der Waals surface area contributed by atoms with E-state index in [1.165, 1.54) is 62.0 Å². The summed E-state index contributed by atoms with van der Waals surface area (Å²) < 4.78 is 3.12. The van der Waals surface area contributed by atoms with Gasteiger partial charge >= 0.3 is 162 Å². The minimum atomic E-state index is 0.696. The van der Waals surface area contributed by atoms with Crippen LogP contribution >= 0.6 is 0 Å². The van der Waals surface area contributed by atoms with Crippen LogP contribution in [0.1, 0.15) is 51.4 Å². The van der Waals surface area contributed by atoms with Crippen LogP contribution in [0.15, 0.2) is 60.7 Å². The Kier molecular flexibility index (Phi) is 11.3. The van der Waals surface area contributed by atoms with Gasteiger partial charge in [0.25, 0.3) is 0 Å². The van der Waals surface area contributed by atoms with Crippen LogP contribution in [-0.4, -0.2) is 29.9 Å². The third-order valence-electron chi connectivity index (χ3n) is 4.06. The molecule has 0 spiro atoms. The van der Waals surface area contributed by atoms with E-state index in [-0.39, 0.29) is 0 Å². The van der Waals surface area contributed by atoms with Gasteiger partial charge in [0.15, 0.2) is 0 Å². The molecular weight excluding hydrogens is 422 g/mol. The molecule has 0 aliphatic rings. The number of rotatable bonds is 13. The van der Waals surface area contributed by atoms with E-state index >= 15 is 0 Å². The van der Waals surface area contributed by atoms with Crippen molar-refractivity contribution in [2.24, 2.45) is 0 Å². The fraction of sp³-hybridized carbons (Fsp3) is 0.455. The second-order valence-corrected chi connectivity index (χ2v) is 11.1. The molecule has 0 nitrogen and oxygen atoms in total. The van der Waals surface area contributed by atoms with E-state index in [1.54, 1.807) is 8.92 Å². The normalized spacial score (nSPS) is 10.8. The topological polar surface area (TPSA) is 0 Å². The molecule has 0 unspecified atom stereocenters. The molecule has 130 valence electrons. The van der Waals surface area contributed by atoms with Gasteiger partial charge in [0.2, 0.25) is 0 Å². The van der Waals surface area contributed by atoms with Crippen molar-refractivity contribution < 1.29 is 0 Å². The summed E-state index contributed by atoms with van der Waals surface area (Å²) in [6.45, 7) is 0. The molecule has 0 bridgehead atoms. The Bertz CT molecular complexity index is 461. The molecule has 0 amide bonds. The molecule has 2 aromatic carbocycles. The van der Waals surface area contributed by atoms with Gasteiger partial charge in [-0.05, 0) is 0 Å². The quantitative estimate of drug-likeness (QED) is 0.296. The first kappa shape index (κ1) is 19.8. The Morgan fingerprint density at radius 2 is 0.750 bits per heavy atom. The van der Waals surface area contributed by atoms with Crippen molar-refractivity contribution in [2.45, 2.75) is 62.0 Å². The van der Waals surface area contributed by atoms with Crippen LogP contribution in [0.4, 0.5) is 0 Å². The van der Waals surface area contributed by atoms with Crippen LogP contribution in [-0.2, 0) is 0 Å². The van der Waals surface area contributed by atoms with E-state index in [1.807, 2.05) is 0 Å². The second kappa shape index (κ2) is 13.7. The van der Waals surface area contributed by atoms with E-state index in [0.29, 0.717) is 29.9 Å². The van der Waals surface area contributed by atoms with Gasteiger partial charge in [0.1, 0.15) is 0 Å². The van der Waals surface area contributed by atoms with Crippen molar-refractivity contribution in [1.82, 2.24) is 0 Å². The molecular formula is C22H30Se2. The molecule has 24 heavy (non-hydrogen) atoms. The maximum absolute atomic E-state index is 2.28. The Labute approximate surface area is 161 Å². The Morgan fingerprint density at radius 1 is 0.417 bits per heavy atom. The third-order valence-corrected chi connectivity index (χ3v) is 8.67. The Hall–Kier alpha value is -0.521. The average molecular weight is 452 g/mol. The number of unbranched alkanes of at least 4 members (excludes halogenated alkanes) is 7. The van der Waals surface area contributed by atoms with Gasteiger partial charge in [-0.3, -0.25) is 0 Å². The van der Waals surface area contributed by atoms with Crippen molar-refractivity contribution in [3.8, 4) is 0 Å². The van der Waals surface area contributed by atoms with Crippen molar-refractivity contribution >= 4 is 38.8 Å². The first-order chi connectivity index (χ1) is 11.9. The van der Waals surface area contributed by atoms with Gasteiger partial charge in [0.05, 0.1) is 0 Å². The predicted molar refractivity (Wildman–Crippen MR) is 110 cm³/mol. The Balaban J connectivity index is 1.32. The summed E-state index contributed by atoms with van der Waals surface area (Å²) in [5.74, 6) is 0. The van der Waals surface area contributed by atoms with E-state index in [4.69, 9.17) is 0 Å². The van der Waals surface area contributed by atoms with Gasteiger partial charge in [-0.1, -0.05) is 0 Å². The first-order valence-electron chi connectivity index (χ1n) is 9.31. The van der Waals surface area contributed by atoms with Crippen LogP contribution in [0, 0.1) is 0 Å². The van der Waals surface area contributed by atoms with Crippen molar-refractivity contribution in [2.75, 3.05) is 0 Å². The summed E-state index contributed by atoms with van der Waals surface area (Å²) in [7, 11) is 0. The fourth-order valence-electron chi connectivity index (χ4n) is 2.68. The summed E-state index contributed by atoms with van der Waals surface area (Å²) in [4.78, 5) is 0. The molecule has 2 aromatic rings. The van der Waals surface area contributed by atoms with Crippen molar-refractivity contribution in [3.05, 3.63) is 60.7 Å². The number of benzene rings is 2. The number of hydrogen-bond acceptors (Lipinski definition) is 0. The third kappa shape index (κ3) is 9.70. The molecule has 0 aromatic heterocycles. The number of hydrogen-bond donors (Lipinski definition) is 0. The summed E-state index contributed by atoms with van der Waals surface area (Å²) in [6, 6.07) is 22.0. The Morgan fingerprint density at radius 3 is 1.12 bits per heavy atom. The van der Waals surface area contributed by atoms with Gasteiger partial charge < -0.3 is 0 Å². The fourth-order valence-corrected chi connectivity index (χ4v) is 6.60. The second-order valence-electron chi connectivity index (χ2n) is 6.15. The predicted octanol–water partition coefficient (Wildman–Crippen LogP) is 5.00. The van der Waals surface area contributed by atoms with Gasteiger partial charge in [-0.2, -0.15) is 0 Å². The van der Waals surface area contributed by atoms with Crippen LogP contribution in [0.3, 0.4) is 0 Å². The van der Waals surface area contributed by atoms with E-state index in [9.17, 15) is 0 Å². The average Bonchev–Trinajstić information content (AvgIpc) is 2.64. The van der Waals surface area contributed by atoms with Gasteiger partial charge in [-0.15, -0.1) is 0 Å². The van der Waals surface area contributed by atoms with E-state index < -0.39 is 0 Å². The molecule has 0 saturated heterocycles. The summed E-state index contributed by atoms with van der Waals surface area (Å²) in [5, 5.41) is 2.83. The zero-order valence-corrected chi connectivity index (χ0v) is 18.1. The van der Waals surface area contributed by atoms with Crippen molar-refractivity contribution in [3.63, 3.8) is 0 Å². The molecule has 0 aliphatic carbocycles. The molecule has 0 radical (unpaired) electrons. The molecule has 0 aliphatic heterocycles. The molecule has 2 heteroatoms. The van der Waals surface area contributed by atoms with Gasteiger partial charge in [0, 0.05) is 0 Å².